The number of methoxy groups -OCH3 is 1. The van der Waals surface area contributed by atoms with Gasteiger partial charge in [-0.15, -0.1) is 11.3 Å². The van der Waals surface area contributed by atoms with E-state index in [1.165, 1.54) is 10.4 Å². The lowest BCUT2D eigenvalue weighted by Gasteiger charge is -2.33. The molecule has 0 spiro atoms. The van der Waals surface area contributed by atoms with Crippen molar-refractivity contribution in [1.29, 1.82) is 0 Å². The van der Waals surface area contributed by atoms with Gasteiger partial charge < -0.3 is 14.1 Å². The molecule has 1 amide bonds. The standard InChI is InChI=1S/C19H19ClN2O5S2/c1-26-14-2-3-15-13(12-27-16(15)11-14)10-18(23)21-6-8-22(9-7-21)29(24,25)19-5-4-17(20)28-19/h2-5,11-12H,6-10H2,1H3. The average Bonchev–Trinajstić information content (AvgIpc) is 3.34. The molecule has 0 atom stereocenters. The van der Waals surface area contributed by atoms with Crippen molar-refractivity contribution in [1.82, 2.24) is 9.21 Å². The summed E-state index contributed by atoms with van der Waals surface area (Å²) >= 11 is 6.90. The van der Waals surface area contributed by atoms with Gasteiger partial charge in [-0.25, -0.2) is 8.42 Å². The van der Waals surface area contributed by atoms with E-state index in [0.717, 1.165) is 22.3 Å². The number of carbonyl (C=O) groups excluding carboxylic acids is 1. The first-order chi connectivity index (χ1) is 13.9. The summed E-state index contributed by atoms with van der Waals surface area (Å²) in [6, 6.07) is 8.57. The van der Waals surface area contributed by atoms with Crippen molar-refractivity contribution >= 4 is 49.8 Å². The topological polar surface area (TPSA) is 80.1 Å². The van der Waals surface area contributed by atoms with Crippen LogP contribution in [0.5, 0.6) is 5.75 Å². The lowest BCUT2D eigenvalue weighted by Crippen LogP contribution is -2.50. The van der Waals surface area contributed by atoms with Crippen molar-refractivity contribution in [2.24, 2.45) is 0 Å². The summed E-state index contributed by atoms with van der Waals surface area (Å²) in [5, 5.41) is 0.870. The van der Waals surface area contributed by atoms with Gasteiger partial charge in [0.25, 0.3) is 10.0 Å². The third-order valence-electron chi connectivity index (χ3n) is 4.94. The number of furan rings is 1. The van der Waals surface area contributed by atoms with Crippen molar-refractivity contribution in [2.45, 2.75) is 10.6 Å². The Bertz CT molecular complexity index is 1150. The molecule has 0 N–H and O–H groups in total. The Kier molecular flexibility index (Phi) is 5.56. The molecule has 0 aliphatic carbocycles. The van der Waals surface area contributed by atoms with Gasteiger partial charge in [0, 0.05) is 43.2 Å². The number of ether oxygens (including phenoxy) is 1. The molecule has 29 heavy (non-hydrogen) atoms. The van der Waals surface area contributed by atoms with Crippen molar-refractivity contribution < 1.29 is 22.4 Å². The van der Waals surface area contributed by atoms with E-state index in [2.05, 4.69) is 0 Å². The third-order valence-corrected chi connectivity index (χ3v) is 8.54. The second kappa shape index (κ2) is 7.98. The first kappa shape index (κ1) is 20.2. The highest BCUT2D eigenvalue weighted by atomic mass is 35.5. The minimum Gasteiger partial charge on any atom is -0.497 e. The van der Waals surface area contributed by atoms with Crippen LogP contribution in [0, 0.1) is 0 Å². The maximum atomic E-state index is 12.7. The number of halogens is 1. The van der Waals surface area contributed by atoms with E-state index in [1.54, 1.807) is 30.4 Å². The Labute approximate surface area is 177 Å². The molecule has 1 saturated heterocycles. The van der Waals surface area contributed by atoms with Gasteiger partial charge in [-0.05, 0) is 24.3 Å². The Morgan fingerprint density at radius 3 is 2.62 bits per heavy atom. The van der Waals surface area contributed by atoms with Gasteiger partial charge in [-0.2, -0.15) is 4.31 Å². The number of benzene rings is 1. The second-order valence-electron chi connectivity index (χ2n) is 6.64. The fourth-order valence-corrected chi connectivity index (χ4v) is 6.40. The molecule has 1 aliphatic rings. The van der Waals surface area contributed by atoms with Crippen LogP contribution in [0.25, 0.3) is 11.0 Å². The molecule has 0 saturated carbocycles. The van der Waals surface area contributed by atoms with E-state index in [1.807, 2.05) is 12.1 Å². The molecular weight excluding hydrogens is 436 g/mol. The number of nitrogens with zero attached hydrogens (tertiary/aromatic N) is 2. The fourth-order valence-electron chi connectivity index (χ4n) is 3.34. The molecule has 3 aromatic rings. The maximum Gasteiger partial charge on any atom is 0.252 e. The van der Waals surface area contributed by atoms with E-state index in [9.17, 15) is 13.2 Å². The van der Waals surface area contributed by atoms with Gasteiger partial charge >= 0.3 is 0 Å². The van der Waals surface area contributed by atoms with Gasteiger partial charge in [0.15, 0.2) is 0 Å². The van der Waals surface area contributed by atoms with Crippen LogP contribution in [0.1, 0.15) is 5.56 Å². The molecule has 0 unspecified atom stereocenters. The molecule has 0 radical (unpaired) electrons. The lowest BCUT2D eigenvalue weighted by atomic mass is 10.1. The Balaban J connectivity index is 1.41. The average molecular weight is 455 g/mol. The van der Waals surface area contributed by atoms with Crippen LogP contribution in [0.15, 0.2) is 45.2 Å². The molecule has 10 heteroatoms. The fraction of sp³-hybridized carbons (Fsp3) is 0.316. The van der Waals surface area contributed by atoms with Crippen molar-refractivity contribution in [3.8, 4) is 5.75 Å². The number of amides is 1. The highest BCUT2D eigenvalue weighted by Gasteiger charge is 2.31. The number of rotatable bonds is 5. The summed E-state index contributed by atoms with van der Waals surface area (Å²) in [4.78, 5) is 14.4. The summed E-state index contributed by atoms with van der Waals surface area (Å²) in [5.41, 5.74) is 1.47. The molecule has 1 aromatic carbocycles. The van der Waals surface area contributed by atoms with Crippen LogP contribution >= 0.6 is 22.9 Å². The van der Waals surface area contributed by atoms with Crippen LogP contribution in [-0.2, 0) is 21.2 Å². The zero-order chi connectivity index (χ0) is 20.6. The van der Waals surface area contributed by atoms with Gasteiger partial charge in [0.2, 0.25) is 5.91 Å². The van der Waals surface area contributed by atoms with Crippen molar-refractivity contribution in [2.75, 3.05) is 33.3 Å². The Morgan fingerprint density at radius 2 is 1.97 bits per heavy atom. The van der Waals surface area contributed by atoms with Gasteiger partial charge in [0.05, 0.1) is 24.1 Å². The summed E-state index contributed by atoms with van der Waals surface area (Å²) in [6.45, 7) is 1.21. The molecule has 2 aromatic heterocycles. The smallest absolute Gasteiger partial charge is 0.252 e. The number of hydrogen-bond acceptors (Lipinski definition) is 6. The zero-order valence-corrected chi connectivity index (χ0v) is 18.0. The molecule has 1 fully saturated rings. The molecule has 1 aliphatic heterocycles. The predicted octanol–water partition coefficient (Wildman–Crippen LogP) is 3.23. The largest absolute Gasteiger partial charge is 0.497 e. The molecule has 0 bridgehead atoms. The molecule has 7 nitrogen and oxygen atoms in total. The monoisotopic (exact) mass is 454 g/mol. The van der Waals surface area contributed by atoms with Crippen molar-refractivity contribution in [3.05, 3.63) is 46.5 Å². The van der Waals surface area contributed by atoms with E-state index >= 15 is 0 Å². The van der Waals surface area contributed by atoms with Crippen LogP contribution in [0.3, 0.4) is 0 Å². The third kappa shape index (κ3) is 4.00. The number of sulfonamides is 1. The zero-order valence-electron chi connectivity index (χ0n) is 15.6. The van der Waals surface area contributed by atoms with E-state index in [-0.39, 0.29) is 29.6 Å². The molecule has 3 heterocycles. The second-order valence-corrected chi connectivity index (χ2v) is 10.5. The first-order valence-corrected chi connectivity index (χ1v) is 11.6. The number of carbonyl (C=O) groups is 1. The Morgan fingerprint density at radius 1 is 1.21 bits per heavy atom. The van der Waals surface area contributed by atoms with Crippen LogP contribution in [0.4, 0.5) is 0 Å². The van der Waals surface area contributed by atoms with Crippen LogP contribution in [0.2, 0.25) is 4.34 Å². The summed E-state index contributed by atoms with van der Waals surface area (Å²) in [6.07, 6.45) is 1.79. The summed E-state index contributed by atoms with van der Waals surface area (Å²) < 4.78 is 38.2. The first-order valence-electron chi connectivity index (χ1n) is 8.96. The lowest BCUT2D eigenvalue weighted by molar-refractivity contribution is -0.131. The number of fused-ring (bicyclic) bond motifs is 1. The van der Waals surface area contributed by atoms with Gasteiger partial charge in [-0.1, -0.05) is 11.6 Å². The minimum atomic E-state index is -3.57. The Hall–Kier alpha value is -2.07. The normalized spacial score (nSPS) is 15.7. The maximum absolute atomic E-state index is 12.7. The van der Waals surface area contributed by atoms with Gasteiger partial charge in [0.1, 0.15) is 15.5 Å². The predicted molar refractivity (Wildman–Crippen MR) is 111 cm³/mol. The summed E-state index contributed by atoms with van der Waals surface area (Å²) in [5.74, 6) is 0.633. The molecular formula is C19H19ClN2O5S2. The van der Waals surface area contributed by atoms with Crippen LogP contribution in [-0.4, -0.2) is 56.8 Å². The van der Waals surface area contributed by atoms with Crippen LogP contribution < -0.4 is 4.74 Å². The minimum absolute atomic E-state index is 0.0558. The van der Waals surface area contributed by atoms with E-state index in [0.29, 0.717) is 28.8 Å². The SMILES string of the molecule is COc1ccc2c(CC(=O)N3CCN(S(=O)(=O)c4ccc(Cl)s4)CC3)coc2c1. The molecule has 4 rings (SSSR count). The quantitative estimate of drug-likeness (QED) is 0.591. The summed E-state index contributed by atoms with van der Waals surface area (Å²) in [7, 11) is -1.99. The van der Waals surface area contributed by atoms with E-state index in [4.69, 9.17) is 20.8 Å². The molecule has 154 valence electrons. The highest BCUT2D eigenvalue weighted by Crippen LogP contribution is 2.29. The highest BCUT2D eigenvalue weighted by molar-refractivity contribution is 7.91. The van der Waals surface area contributed by atoms with E-state index < -0.39 is 10.0 Å². The van der Waals surface area contributed by atoms with Crippen molar-refractivity contribution in [3.63, 3.8) is 0 Å². The van der Waals surface area contributed by atoms with Gasteiger partial charge in [-0.3, -0.25) is 4.79 Å². The number of hydrogen-bond donors (Lipinski definition) is 0. The number of piperazine rings is 1. The number of thiophene rings is 1.